The van der Waals surface area contributed by atoms with Crippen molar-refractivity contribution >= 4 is 5.91 Å². The molecular weight excluding hydrogens is 468 g/mol. The van der Waals surface area contributed by atoms with Crippen LogP contribution >= 0.6 is 0 Å². The predicted octanol–water partition coefficient (Wildman–Crippen LogP) is 6.99. The van der Waals surface area contributed by atoms with Gasteiger partial charge in [-0.3, -0.25) is 4.79 Å². The molecule has 1 amide bonds. The molecule has 0 aromatic heterocycles. The summed E-state index contributed by atoms with van der Waals surface area (Å²) in [5.41, 5.74) is 0.462. The number of likely N-dealkylation sites (tertiary alicyclic amines) is 1. The number of rotatable bonds is 7. The molecule has 2 fully saturated rings. The van der Waals surface area contributed by atoms with Crippen molar-refractivity contribution in [1.82, 2.24) is 9.80 Å². The highest BCUT2D eigenvalue weighted by atomic mass is 19.4. The van der Waals surface area contributed by atoms with Crippen molar-refractivity contribution in [3.8, 4) is 0 Å². The lowest BCUT2D eigenvalue weighted by molar-refractivity contribution is -0.137. The monoisotopic (exact) mass is 504 g/mol. The minimum absolute atomic E-state index is 0.00359. The number of benzene rings is 2. The van der Waals surface area contributed by atoms with Crippen LogP contribution in [-0.2, 0) is 6.18 Å². The summed E-state index contributed by atoms with van der Waals surface area (Å²) in [4.78, 5) is 17.5. The smallest absolute Gasteiger partial charge is 0.336 e. The van der Waals surface area contributed by atoms with Gasteiger partial charge in [0, 0.05) is 43.7 Å². The Bertz CT molecular complexity index is 1010. The number of hydrogen-bond acceptors (Lipinski definition) is 2. The Morgan fingerprint density at radius 3 is 2.36 bits per heavy atom. The number of amides is 1. The lowest BCUT2D eigenvalue weighted by Crippen LogP contribution is -2.42. The predicted molar refractivity (Wildman–Crippen MR) is 133 cm³/mol. The molecule has 0 bridgehead atoms. The van der Waals surface area contributed by atoms with Gasteiger partial charge < -0.3 is 9.80 Å². The quantitative estimate of drug-likeness (QED) is 0.380. The second-order valence-corrected chi connectivity index (χ2v) is 10.8. The summed E-state index contributed by atoms with van der Waals surface area (Å²) >= 11 is 0. The van der Waals surface area contributed by atoms with E-state index in [0.29, 0.717) is 30.1 Å². The standard InChI is InChI=1S/C29H36F4N2O/c1-20(2)35(28(36)22-11-13-26(30)14-12-22)18-24-17-34(16-21-7-4-3-5-8-21)19-27(24)23-9-6-10-25(15-23)29(31,32)33/h6,9-15,20-21,24,27H,3-5,7-8,16-19H2,1-2H3/t24-,27-/m0/s1. The number of carbonyl (C=O) groups is 1. The van der Waals surface area contributed by atoms with Gasteiger partial charge in [0.05, 0.1) is 5.56 Å². The van der Waals surface area contributed by atoms with Crippen LogP contribution in [0.4, 0.5) is 17.6 Å². The van der Waals surface area contributed by atoms with Crippen LogP contribution in [0, 0.1) is 17.7 Å². The number of hydrogen-bond donors (Lipinski definition) is 0. The van der Waals surface area contributed by atoms with Gasteiger partial charge in [-0.25, -0.2) is 4.39 Å². The summed E-state index contributed by atoms with van der Waals surface area (Å²) in [6, 6.07) is 11.1. The van der Waals surface area contributed by atoms with Gasteiger partial charge in [-0.05, 0) is 74.4 Å². The molecule has 7 heteroatoms. The van der Waals surface area contributed by atoms with E-state index in [2.05, 4.69) is 4.90 Å². The maximum atomic E-state index is 13.5. The molecular formula is C29H36F4N2O. The van der Waals surface area contributed by atoms with Crippen LogP contribution in [0.3, 0.4) is 0 Å². The van der Waals surface area contributed by atoms with Gasteiger partial charge in [-0.2, -0.15) is 13.2 Å². The Labute approximate surface area is 211 Å². The Morgan fingerprint density at radius 1 is 1.03 bits per heavy atom. The third-order valence-electron chi connectivity index (χ3n) is 7.81. The van der Waals surface area contributed by atoms with Crippen LogP contribution in [-0.4, -0.2) is 47.9 Å². The average molecular weight is 505 g/mol. The van der Waals surface area contributed by atoms with E-state index in [9.17, 15) is 22.4 Å². The van der Waals surface area contributed by atoms with Crippen LogP contribution in [0.25, 0.3) is 0 Å². The van der Waals surface area contributed by atoms with Crippen LogP contribution in [0.5, 0.6) is 0 Å². The summed E-state index contributed by atoms with van der Waals surface area (Å²) in [6.07, 6.45) is 1.78. The van der Waals surface area contributed by atoms with Gasteiger partial charge in [0.15, 0.2) is 0 Å². The van der Waals surface area contributed by atoms with E-state index < -0.39 is 17.6 Å². The molecule has 2 aliphatic rings. The summed E-state index contributed by atoms with van der Waals surface area (Å²) in [5.74, 6) is -0.0522. The maximum Gasteiger partial charge on any atom is 0.416 e. The Morgan fingerprint density at radius 2 is 1.72 bits per heavy atom. The van der Waals surface area contributed by atoms with Crippen molar-refractivity contribution in [2.24, 2.45) is 11.8 Å². The van der Waals surface area contributed by atoms with Crippen molar-refractivity contribution in [2.45, 2.75) is 64.1 Å². The zero-order valence-electron chi connectivity index (χ0n) is 21.1. The topological polar surface area (TPSA) is 23.6 Å². The molecule has 4 rings (SSSR count). The number of nitrogens with zero attached hydrogens (tertiary/aromatic N) is 2. The molecule has 1 aliphatic heterocycles. The third kappa shape index (κ3) is 6.47. The van der Waals surface area contributed by atoms with Crippen LogP contribution in [0.15, 0.2) is 48.5 Å². The number of alkyl halides is 3. The molecule has 36 heavy (non-hydrogen) atoms. The average Bonchev–Trinajstić information content (AvgIpc) is 3.25. The van der Waals surface area contributed by atoms with Gasteiger partial charge in [-0.15, -0.1) is 0 Å². The summed E-state index contributed by atoms with van der Waals surface area (Å²) in [6.45, 7) is 6.72. The first-order valence-electron chi connectivity index (χ1n) is 13.1. The van der Waals surface area contributed by atoms with Crippen molar-refractivity contribution < 1.29 is 22.4 Å². The van der Waals surface area contributed by atoms with Crippen LogP contribution in [0.2, 0.25) is 0 Å². The van der Waals surface area contributed by atoms with Gasteiger partial charge in [-0.1, -0.05) is 37.5 Å². The Hall–Kier alpha value is -2.41. The van der Waals surface area contributed by atoms with E-state index in [1.165, 1.54) is 68.5 Å². The number of halogens is 4. The molecule has 0 radical (unpaired) electrons. The van der Waals surface area contributed by atoms with Crippen molar-refractivity contribution in [3.05, 3.63) is 71.0 Å². The zero-order chi connectivity index (χ0) is 25.9. The first-order chi connectivity index (χ1) is 17.1. The van der Waals surface area contributed by atoms with E-state index in [1.807, 2.05) is 13.8 Å². The fraction of sp³-hybridized carbons (Fsp3) is 0.552. The molecule has 1 saturated heterocycles. The molecule has 3 nitrogen and oxygen atoms in total. The van der Waals surface area contributed by atoms with E-state index in [0.717, 1.165) is 19.2 Å². The Kier molecular flexibility index (Phi) is 8.38. The lowest BCUT2D eigenvalue weighted by Gasteiger charge is -2.32. The highest BCUT2D eigenvalue weighted by Crippen LogP contribution is 2.38. The van der Waals surface area contributed by atoms with Crippen molar-refractivity contribution in [2.75, 3.05) is 26.2 Å². The molecule has 1 saturated carbocycles. The number of carbonyl (C=O) groups excluding carboxylic acids is 1. The summed E-state index contributed by atoms with van der Waals surface area (Å²) in [7, 11) is 0. The second-order valence-electron chi connectivity index (χ2n) is 10.8. The molecule has 0 spiro atoms. The molecule has 0 unspecified atom stereocenters. The third-order valence-corrected chi connectivity index (χ3v) is 7.81. The van der Waals surface area contributed by atoms with Crippen LogP contribution in [0.1, 0.15) is 73.4 Å². The molecule has 2 atom stereocenters. The molecule has 1 aliphatic carbocycles. The minimum atomic E-state index is -4.39. The molecule has 2 aromatic rings. The van der Waals surface area contributed by atoms with E-state index in [4.69, 9.17) is 0 Å². The van der Waals surface area contributed by atoms with E-state index >= 15 is 0 Å². The van der Waals surface area contributed by atoms with Crippen molar-refractivity contribution in [1.29, 1.82) is 0 Å². The maximum absolute atomic E-state index is 13.5. The molecule has 0 N–H and O–H groups in total. The van der Waals surface area contributed by atoms with Gasteiger partial charge >= 0.3 is 6.18 Å². The normalized spacial score (nSPS) is 21.8. The summed E-state index contributed by atoms with van der Waals surface area (Å²) < 4.78 is 53.9. The van der Waals surface area contributed by atoms with Gasteiger partial charge in [0.2, 0.25) is 0 Å². The molecule has 2 aromatic carbocycles. The lowest BCUT2D eigenvalue weighted by atomic mass is 9.87. The molecule has 196 valence electrons. The highest BCUT2D eigenvalue weighted by molar-refractivity contribution is 5.94. The minimum Gasteiger partial charge on any atom is -0.336 e. The van der Waals surface area contributed by atoms with Gasteiger partial charge in [0.1, 0.15) is 5.82 Å². The Balaban J connectivity index is 1.58. The van der Waals surface area contributed by atoms with Crippen molar-refractivity contribution in [3.63, 3.8) is 0 Å². The van der Waals surface area contributed by atoms with Gasteiger partial charge in [0.25, 0.3) is 5.91 Å². The first kappa shape index (κ1) is 26.6. The molecule has 1 heterocycles. The SMILES string of the molecule is CC(C)N(C[C@@H]1CN(CC2CCCCC2)C[C@H]1c1cccc(C(F)(F)F)c1)C(=O)c1ccc(F)cc1. The van der Waals surface area contributed by atoms with E-state index in [-0.39, 0.29) is 23.8 Å². The first-order valence-corrected chi connectivity index (χ1v) is 13.1. The zero-order valence-corrected chi connectivity index (χ0v) is 21.1. The largest absolute Gasteiger partial charge is 0.416 e. The fourth-order valence-electron chi connectivity index (χ4n) is 5.89. The highest BCUT2D eigenvalue weighted by Gasteiger charge is 2.38. The second kappa shape index (κ2) is 11.3. The summed E-state index contributed by atoms with van der Waals surface area (Å²) in [5, 5.41) is 0. The fourth-order valence-corrected chi connectivity index (χ4v) is 5.89. The van der Waals surface area contributed by atoms with Crippen LogP contribution < -0.4 is 0 Å². The van der Waals surface area contributed by atoms with E-state index in [1.54, 1.807) is 11.0 Å².